The van der Waals surface area contributed by atoms with Gasteiger partial charge in [-0.25, -0.2) is 0 Å². The Balaban J connectivity index is 2.15. The summed E-state index contributed by atoms with van der Waals surface area (Å²) in [4.78, 5) is 0. The van der Waals surface area contributed by atoms with Gasteiger partial charge in [0.15, 0.2) is 0 Å². The zero-order chi connectivity index (χ0) is 12.1. The van der Waals surface area contributed by atoms with E-state index >= 15 is 0 Å². The van der Waals surface area contributed by atoms with Crippen molar-refractivity contribution >= 4 is 21.6 Å². The molecule has 0 saturated carbocycles. The Labute approximate surface area is 110 Å². The molecule has 2 rings (SSSR count). The van der Waals surface area contributed by atoms with Crippen LogP contribution >= 0.6 is 15.9 Å². The maximum absolute atomic E-state index is 9.69. The van der Waals surface area contributed by atoms with Gasteiger partial charge in [0.05, 0.1) is 12.1 Å². The van der Waals surface area contributed by atoms with E-state index in [4.69, 9.17) is 4.74 Å². The fourth-order valence-electron chi connectivity index (χ4n) is 2.18. The quantitative estimate of drug-likeness (QED) is 0.902. The Morgan fingerprint density at radius 1 is 1.29 bits per heavy atom. The zero-order valence-corrected chi connectivity index (χ0v) is 11.4. The van der Waals surface area contributed by atoms with Crippen LogP contribution in [0.5, 0.6) is 0 Å². The van der Waals surface area contributed by atoms with E-state index in [2.05, 4.69) is 21.2 Å². The first-order valence-corrected chi connectivity index (χ1v) is 6.76. The minimum absolute atomic E-state index is 0.137. The van der Waals surface area contributed by atoms with Gasteiger partial charge < -0.3 is 15.2 Å². The summed E-state index contributed by atoms with van der Waals surface area (Å²) in [5.74, 6) is 0. The normalized spacial score (nSPS) is 25.3. The van der Waals surface area contributed by atoms with Gasteiger partial charge in [0.2, 0.25) is 0 Å². The van der Waals surface area contributed by atoms with Crippen molar-refractivity contribution in [2.24, 2.45) is 0 Å². The lowest BCUT2D eigenvalue weighted by atomic mass is 9.91. The number of nitrogens with one attached hydrogen (secondary N) is 1. The number of rotatable bonds is 3. The maximum atomic E-state index is 9.69. The molecule has 0 amide bonds. The first-order chi connectivity index (χ1) is 8.26. The molecule has 94 valence electrons. The lowest BCUT2D eigenvalue weighted by molar-refractivity contribution is 0.132. The Morgan fingerprint density at radius 3 is 2.88 bits per heavy atom. The van der Waals surface area contributed by atoms with Crippen LogP contribution in [0.15, 0.2) is 28.7 Å². The third-order valence-electron chi connectivity index (χ3n) is 3.25. The third kappa shape index (κ3) is 3.21. The Kier molecular flexibility index (Phi) is 4.42. The molecule has 0 spiro atoms. The van der Waals surface area contributed by atoms with Crippen LogP contribution in [-0.4, -0.2) is 30.5 Å². The molecule has 17 heavy (non-hydrogen) atoms. The van der Waals surface area contributed by atoms with Crippen LogP contribution in [0.1, 0.15) is 19.3 Å². The van der Waals surface area contributed by atoms with Gasteiger partial charge in [0, 0.05) is 23.4 Å². The summed E-state index contributed by atoms with van der Waals surface area (Å²) in [7, 11) is 0. The van der Waals surface area contributed by atoms with E-state index in [0.29, 0.717) is 6.61 Å². The maximum Gasteiger partial charge on any atom is 0.0662 e. The van der Waals surface area contributed by atoms with Crippen molar-refractivity contribution in [3.8, 4) is 0 Å². The molecular formula is C13H18BrNO2. The van der Waals surface area contributed by atoms with Crippen molar-refractivity contribution in [2.45, 2.75) is 24.8 Å². The van der Waals surface area contributed by atoms with Gasteiger partial charge in [0.1, 0.15) is 0 Å². The first-order valence-electron chi connectivity index (χ1n) is 5.97. The minimum atomic E-state index is -0.250. The predicted octanol–water partition coefficient (Wildman–Crippen LogP) is 2.79. The van der Waals surface area contributed by atoms with E-state index in [1.54, 1.807) is 0 Å². The summed E-state index contributed by atoms with van der Waals surface area (Å²) >= 11 is 3.52. The van der Waals surface area contributed by atoms with Crippen molar-refractivity contribution < 1.29 is 9.84 Å². The number of anilines is 1. The van der Waals surface area contributed by atoms with E-state index in [9.17, 15) is 5.11 Å². The SMILES string of the molecule is OCC1(Nc2ccccc2Br)CCCOCC1. The van der Waals surface area contributed by atoms with E-state index < -0.39 is 0 Å². The number of halogens is 1. The number of hydrogen-bond acceptors (Lipinski definition) is 3. The van der Waals surface area contributed by atoms with Crippen LogP contribution in [-0.2, 0) is 4.74 Å². The average Bonchev–Trinajstić information content (AvgIpc) is 2.58. The van der Waals surface area contributed by atoms with E-state index in [0.717, 1.165) is 36.0 Å². The second-order valence-corrected chi connectivity index (χ2v) is 5.36. The highest BCUT2D eigenvalue weighted by molar-refractivity contribution is 9.10. The molecular weight excluding hydrogens is 282 g/mol. The molecule has 3 nitrogen and oxygen atoms in total. The van der Waals surface area contributed by atoms with Crippen molar-refractivity contribution in [3.05, 3.63) is 28.7 Å². The van der Waals surface area contributed by atoms with Gasteiger partial charge >= 0.3 is 0 Å². The average molecular weight is 300 g/mol. The van der Waals surface area contributed by atoms with Crippen LogP contribution in [0.4, 0.5) is 5.69 Å². The number of benzene rings is 1. The van der Waals surface area contributed by atoms with Crippen LogP contribution in [0.3, 0.4) is 0 Å². The molecule has 0 aliphatic carbocycles. The van der Waals surface area contributed by atoms with E-state index in [1.165, 1.54) is 0 Å². The predicted molar refractivity (Wildman–Crippen MR) is 72.3 cm³/mol. The standard InChI is InChI=1S/C13H18BrNO2/c14-11-4-1-2-5-12(11)15-13(10-16)6-3-8-17-9-7-13/h1-2,4-5,15-16H,3,6-10H2. The van der Waals surface area contributed by atoms with Gasteiger partial charge in [-0.05, 0) is 47.3 Å². The number of ether oxygens (including phenoxy) is 1. The topological polar surface area (TPSA) is 41.5 Å². The summed E-state index contributed by atoms with van der Waals surface area (Å²) in [6.45, 7) is 1.63. The summed E-state index contributed by atoms with van der Waals surface area (Å²) in [6, 6.07) is 8.00. The van der Waals surface area contributed by atoms with Crippen molar-refractivity contribution in [1.29, 1.82) is 0 Å². The number of para-hydroxylation sites is 1. The second kappa shape index (κ2) is 5.85. The van der Waals surface area contributed by atoms with Gasteiger partial charge in [-0.1, -0.05) is 12.1 Å². The number of aliphatic hydroxyl groups excluding tert-OH is 1. The zero-order valence-electron chi connectivity index (χ0n) is 9.79. The van der Waals surface area contributed by atoms with Gasteiger partial charge in [-0.15, -0.1) is 0 Å². The van der Waals surface area contributed by atoms with Crippen LogP contribution in [0.2, 0.25) is 0 Å². The fourth-order valence-corrected chi connectivity index (χ4v) is 2.56. The number of hydrogen-bond donors (Lipinski definition) is 2. The molecule has 0 aromatic heterocycles. The summed E-state index contributed by atoms with van der Waals surface area (Å²) in [5, 5.41) is 13.2. The highest BCUT2D eigenvalue weighted by Gasteiger charge is 2.30. The molecule has 1 heterocycles. The van der Waals surface area contributed by atoms with E-state index in [-0.39, 0.29) is 12.1 Å². The summed E-state index contributed by atoms with van der Waals surface area (Å²) in [6.07, 6.45) is 2.76. The molecule has 4 heteroatoms. The largest absolute Gasteiger partial charge is 0.394 e. The molecule has 0 bridgehead atoms. The summed E-state index contributed by atoms with van der Waals surface area (Å²) < 4.78 is 6.48. The molecule has 0 radical (unpaired) electrons. The van der Waals surface area contributed by atoms with Gasteiger partial charge in [-0.3, -0.25) is 0 Å². The van der Waals surface area contributed by atoms with Gasteiger partial charge in [-0.2, -0.15) is 0 Å². The van der Waals surface area contributed by atoms with E-state index in [1.807, 2.05) is 24.3 Å². The molecule has 1 atom stereocenters. The highest BCUT2D eigenvalue weighted by Crippen LogP contribution is 2.30. The van der Waals surface area contributed by atoms with Crippen LogP contribution < -0.4 is 5.32 Å². The molecule has 1 unspecified atom stereocenters. The monoisotopic (exact) mass is 299 g/mol. The molecule has 1 aromatic carbocycles. The molecule has 1 aliphatic rings. The molecule has 1 fully saturated rings. The molecule has 1 saturated heterocycles. The molecule has 2 N–H and O–H groups in total. The van der Waals surface area contributed by atoms with Crippen molar-refractivity contribution in [3.63, 3.8) is 0 Å². The first kappa shape index (κ1) is 12.9. The van der Waals surface area contributed by atoms with Crippen molar-refractivity contribution in [1.82, 2.24) is 0 Å². The smallest absolute Gasteiger partial charge is 0.0662 e. The van der Waals surface area contributed by atoms with Crippen LogP contribution in [0, 0.1) is 0 Å². The lowest BCUT2D eigenvalue weighted by Gasteiger charge is -2.33. The second-order valence-electron chi connectivity index (χ2n) is 4.51. The Morgan fingerprint density at radius 2 is 2.12 bits per heavy atom. The molecule has 1 aromatic rings. The molecule has 1 aliphatic heterocycles. The highest BCUT2D eigenvalue weighted by atomic mass is 79.9. The van der Waals surface area contributed by atoms with Crippen molar-refractivity contribution in [2.75, 3.05) is 25.1 Å². The third-order valence-corrected chi connectivity index (χ3v) is 3.94. The summed E-state index contributed by atoms with van der Waals surface area (Å²) in [5.41, 5.74) is 0.781. The van der Waals surface area contributed by atoms with Gasteiger partial charge in [0.25, 0.3) is 0 Å². The van der Waals surface area contributed by atoms with Crippen LogP contribution in [0.25, 0.3) is 0 Å². The minimum Gasteiger partial charge on any atom is -0.394 e. The number of aliphatic hydroxyl groups is 1. The Hall–Kier alpha value is -0.580. The fraction of sp³-hybridized carbons (Fsp3) is 0.538. The lowest BCUT2D eigenvalue weighted by Crippen LogP contribution is -2.42. The Bertz CT molecular complexity index is 362.